The third kappa shape index (κ3) is 2.60. The third-order valence-corrected chi connectivity index (χ3v) is 4.21. The largest absolute Gasteiger partial charge is 0.388 e. The van der Waals surface area contributed by atoms with E-state index in [1.807, 2.05) is 7.05 Å². The summed E-state index contributed by atoms with van der Waals surface area (Å²) in [6, 6.07) is 4.58. The Morgan fingerprint density at radius 2 is 2.11 bits per heavy atom. The summed E-state index contributed by atoms with van der Waals surface area (Å²) in [5, 5.41) is 3.36. The molecule has 102 valence electrons. The summed E-state index contributed by atoms with van der Waals surface area (Å²) in [7, 11) is 2.01. The van der Waals surface area contributed by atoms with Crippen molar-refractivity contribution in [2.45, 2.75) is 40.0 Å². The Labute approximate surface area is 117 Å². The van der Waals surface area contributed by atoms with Gasteiger partial charge in [0.2, 0.25) is 0 Å². The van der Waals surface area contributed by atoms with Crippen LogP contribution < -0.4 is 5.32 Å². The lowest BCUT2D eigenvalue weighted by Crippen LogP contribution is -2.01. The molecule has 1 N–H and O–H groups in total. The smallest absolute Gasteiger partial charge is 0.0419 e. The van der Waals surface area contributed by atoms with E-state index in [0.29, 0.717) is 11.8 Å². The second-order valence-electron chi connectivity index (χ2n) is 5.96. The Morgan fingerprint density at radius 1 is 1.42 bits per heavy atom. The molecule has 0 saturated carbocycles. The normalized spacial score (nSPS) is 18.8. The highest BCUT2D eigenvalue weighted by Crippen LogP contribution is 2.43. The van der Waals surface area contributed by atoms with Gasteiger partial charge in [0, 0.05) is 24.2 Å². The molecule has 0 spiro atoms. The lowest BCUT2D eigenvalue weighted by atomic mass is 9.91. The van der Waals surface area contributed by atoms with Gasteiger partial charge in [0.05, 0.1) is 0 Å². The van der Waals surface area contributed by atoms with Crippen LogP contribution in [0.25, 0.3) is 5.57 Å². The predicted octanol–water partition coefficient (Wildman–Crippen LogP) is 5.14. The van der Waals surface area contributed by atoms with Crippen molar-refractivity contribution in [1.82, 2.24) is 0 Å². The van der Waals surface area contributed by atoms with Crippen LogP contribution in [0.1, 0.15) is 49.8 Å². The highest BCUT2D eigenvalue weighted by atomic mass is 14.8. The van der Waals surface area contributed by atoms with Gasteiger partial charge < -0.3 is 5.32 Å². The molecule has 0 saturated heterocycles. The van der Waals surface area contributed by atoms with Gasteiger partial charge in [-0.05, 0) is 49.0 Å². The molecule has 1 aliphatic rings. The number of hydrogen-bond donors (Lipinski definition) is 1. The number of benzene rings is 1. The second kappa shape index (κ2) is 5.24. The molecule has 1 aromatic carbocycles. The van der Waals surface area contributed by atoms with Gasteiger partial charge in [0.25, 0.3) is 0 Å². The van der Waals surface area contributed by atoms with Gasteiger partial charge in [-0.1, -0.05) is 38.1 Å². The fourth-order valence-corrected chi connectivity index (χ4v) is 2.88. The Morgan fingerprint density at radius 3 is 2.68 bits per heavy atom. The lowest BCUT2D eigenvalue weighted by molar-refractivity contribution is 0.708. The van der Waals surface area contributed by atoms with Gasteiger partial charge in [-0.3, -0.25) is 0 Å². The van der Waals surface area contributed by atoms with Gasteiger partial charge in [0.1, 0.15) is 0 Å². The molecule has 0 heterocycles. The molecule has 2 unspecified atom stereocenters. The van der Waals surface area contributed by atoms with Gasteiger partial charge in [-0.15, -0.1) is 0 Å². The Kier molecular flexibility index (Phi) is 3.84. The molecule has 0 amide bonds. The quantitative estimate of drug-likeness (QED) is 0.735. The maximum Gasteiger partial charge on any atom is 0.0419 e. The van der Waals surface area contributed by atoms with E-state index in [1.54, 1.807) is 0 Å². The van der Waals surface area contributed by atoms with Crippen LogP contribution in [-0.2, 0) is 0 Å². The van der Waals surface area contributed by atoms with E-state index >= 15 is 0 Å². The topological polar surface area (TPSA) is 12.0 Å². The van der Waals surface area contributed by atoms with Crippen LogP contribution in [0.5, 0.6) is 0 Å². The summed E-state index contributed by atoms with van der Waals surface area (Å²) >= 11 is 0. The number of nitrogens with one attached hydrogen (secondary N) is 1. The molecule has 1 aromatic rings. The third-order valence-electron chi connectivity index (χ3n) is 4.21. The molecule has 2 rings (SSSR count). The number of fused-ring (bicyclic) bond motifs is 1. The SMILES string of the molecule is C=C(C)C(C)CC1=CC(C)c2cc(C)cc(NC)c21. The minimum absolute atomic E-state index is 0.523. The average Bonchev–Trinajstić information content (AvgIpc) is 2.65. The van der Waals surface area contributed by atoms with Crippen molar-refractivity contribution < 1.29 is 0 Å². The van der Waals surface area contributed by atoms with Crippen molar-refractivity contribution in [1.29, 1.82) is 0 Å². The van der Waals surface area contributed by atoms with Crippen molar-refractivity contribution in [2.75, 3.05) is 12.4 Å². The van der Waals surface area contributed by atoms with E-state index in [-0.39, 0.29) is 0 Å². The summed E-state index contributed by atoms with van der Waals surface area (Å²) in [6.07, 6.45) is 3.51. The first-order valence-electron chi connectivity index (χ1n) is 7.12. The van der Waals surface area contributed by atoms with E-state index in [9.17, 15) is 0 Å². The number of rotatable bonds is 4. The van der Waals surface area contributed by atoms with Crippen molar-refractivity contribution in [3.05, 3.63) is 47.1 Å². The summed E-state index contributed by atoms with van der Waals surface area (Å²) in [4.78, 5) is 0. The first kappa shape index (κ1) is 13.9. The van der Waals surface area contributed by atoms with Crippen LogP contribution in [0.15, 0.2) is 30.4 Å². The fraction of sp³-hybridized carbons (Fsp3) is 0.444. The monoisotopic (exact) mass is 255 g/mol. The minimum Gasteiger partial charge on any atom is -0.388 e. The number of anilines is 1. The summed E-state index contributed by atoms with van der Waals surface area (Å²) in [5.74, 6) is 1.06. The Hall–Kier alpha value is -1.50. The van der Waals surface area contributed by atoms with Gasteiger partial charge in [-0.2, -0.15) is 0 Å². The molecule has 1 heteroatoms. The van der Waals surface area contributed by atoms with Crippen LogP contribution >= 0.6 is 0 Å². The minimum atomic E-state index is 0.523. The number of aryl methyl sites for hydroxylation is 1. The summed E-state index contributed by atoms with van der Waals surface area (Å²) in [5.41, 5.74) is 8.22. The zero-order chi connectivity index (χ0) is 14.2. The van der Waals surface area contributed by atoms with Crippen LogP contribution in [0.3, 0.4) is 0 Å². The Bertz CT molecular complexity index is 537. The molecular weight excluding hydrogens is 230 g/mol. The molecule has 1 nitrogen and oxygen atoms in total. The molecule has 0 aromatic heterocycles. The maximum absolute atomic E-state index is 4.09. The summed E-state index contributed by atoms with van der Waals surface area (Å²) < 4.78 is 0. The summed E-state index contributed by atoms with van der Waals surface area (Å²) in [6.45, 7) is 12.9. The fourth-order valence-electron chi connectivity index (χ4n) is 2.88. The van der Waals surface area contributed by atoms with Crippen LogP contribution in [-0.4, -0.2) is 7.05 Å². The van der Waals surface area contributed by atoms with Crippen LogP contribution in [0, 0.1) is 12.8 Å². The van der Waals surface area contributed by atoms with E-state index in [4.69, 9.17) is 0 Å². The van der Waals surface area contributed by atoms with Crippen LogP contribution in [0.2, 0.25) is 0 Å². The van der Waals surface area contributed by atoms with Crippen LogP contribution in [0.4, 0.5) is 5.69 Å². The van der Waals surface area contributed by atoms with Crippen molar-refractivity contribution >= 4 is 11.3 Å². The van der Waals surface area contributed by atoms with E-state index in [0.717, 1.165) is 6.42 Å². The first-order chi connectivity index (χ1) is 8.93. The standard InChI is InChI=1S/C18H25N/c1-11(2)13(4)9-15-10-14(5)16-7-12(3)8-17(19-6)18(15)16/h7-8,10,13-14,19H,1,9H2,2-6H3. The van der Waals surface area contributed by atoms with Gasteiger partial charge in [-0.25, -0.2) is 0 Å². The molecule has 1 aliphatic carbocycles. The number of hydrogen-bond acceptors (Lipinski definition) is 1. The molecule has 0 aliphatic heterocycles. The van der Waals surface area contributed by atoms with Crippen molar-refractivity contribution in [3.8, 4) is 0 Å². The lowest BCUT2D eigenvalue weighted by Gasteiger charge is -2.17. The van der Waals surface area contributed by atoms with Gasteiger partial charge in [0.15, 0.2) is 0 Å². The molecule has 2 atom stereocenters. The molecule has 19 heavy (non-hydrogen) atoms. The average molecular weight is 255 g/mol. The molecule has 0 radical (unpaired) electrons. The molecular formula is C18H25N. The van der Waals surface area contributed by atoms with Crippen molar-refractivity contribution in [2.24, 2.45) is 5.92 Å². The van der Waals surface area contributed by atoms with E-state index < -0.39 is 0 Å². The van der Waals surface area contributed by atoms with E-state index in [1.165, 1.54) is 33.5 Å². The second-order valence-corrected chi connectivity index (χ2v) is 5.96. The molecule has 0 fully saturated rings. The highest BCUT2D eigenvalue weighted by Gasteiger charge is 2.24. The zero-order valence-corrected chi connectivity index (χ0v) is 12.8. The van der Waals surface area contributed by atoms with Crippen molar-refractivity contribution in [3.63, 3.8) is 0 Å². The molecule has 0 bridgehead atoms. The highest BCUT2D eigenvalue weighted by molar-refractivity contribution is 5.84. The maximum atomic E-state index is 4.09. The Balaban J connectivity index is 2.42. The zero-order valence-electron chi connectivity index (χ0n) is 12.8. The predicted molar refractivity (Wildman–Crippen MR) is 85.7 cm³/mol. The number of allylic oxidation sites excluding steroid dienone is 3. The first-order valence-corrected chi connectivity index (χ1v) is 7.12. The van der Waals surface area contributed by atoms with Gasteiger partial charge >= 0.3 is 0 Å². The van der Waals surface area contributed by atoms with E-state index in [2.05, 4.69) is 57.8 Å².